The number of aromatic nitrogens is 1. The number of nitrogens with one attached hydrogen (secondary N) is 1. The van der Waals surface area contributed by atoms with Crippen molar-refractivity contribution in [1.29, 1.82) is 0 Å². The van der Waals surface area contributed by atoms with E-state index in [1.54, 1.807) is 6.20 Å². The minimum absolute atomic E-state index is 0.660. The maximum Gasteiger partial charge on any atom is 0.153 e. The first-order valence-corrected chi connectivity index (χ1v) is 14.4. The molecule has 0 atom stereocenters. The number of hydrogen-bond donors (Lipinski definition) is 1. The molecular weight excluding hydrogens is 530 g/mol. The molecule has 5 heteroatoms. The predicted octanol–water partition coefficient (Wildman–Crippen LogP) is 10.1. The van der Waals surface area contributed by atoms with Crippen LogP contribution in [0.3, 0.4) is 0 Å². The predicted molar refractivity (Wildman–Crippen MR) is 175 cm³/mol. The largest absolute Gasteiger partial charge is 0.458 e. The summed E-state index contributed by atoms with van der Waals surface area (Å²) >= 11 is 0. The molecule has 0 saturated carbocycles. The SMILES string of the molecule is C1=Cc2c(oc3cccc(N(c4ccc5ccc(-c6ccccc6)cc5c4)c4cccc5oc6cnccc6c45)c23)CN1. The number of nitrogens with zero attached hydrogens (tertiary/aromatic N) is 2. The van der Waals surface area contributed by atoms with Crippen LogP contribution in [0.15, 0.2) is 137 Å². The van der Waals surface area contributed by atoms with Crippen molar-refractivity contribution in [2.24, 2.45) is 0 Å². The molecule has 1 aliphatic rings. The Morgan fingerprint density at radius 1 is 0.651 bits per heavy atom. The highest BCUT2D eigenvalue weighted by Crippen LogP contribution is 2.47. The molecule has 0 amide bonds. The van der Waals surface area contributed by atoms with Crippen molar-refractivity contribution in [2.45, 2.75) is 6.54 Å². The highest BCUT2D eigenvalue weighted by molar-refractivity contribution is 6.15. The molecule has 204 valence electrons. The third-order valence-corrected chi connectivity index (χ3v) is 8.39. The van der Waals surface area contributed by atoms with Crippen molar-refractivity contribution in [2.75, 3.05) is 4.90 Å². The van der Waals surface area contributed by atoms with Crippen LogP contribution in [0, 0.1) is 0 Å². The van der Waals surface area contributed by atoms with Crippen molar-refractivity contribution in [1.82, 2.24) is 10.3 Å². The maximum absolute atomic E-state index is 6.36. The molecule has 0 fully saturated rings. The van der Waals surface area contributed by atoms with Gasteiger partial charge in [0.15, 0.2) is 5.58 Å². The van der Waals surface area contributed by atoms with Gasteiger partial charge in [-0.3, -0.25) is 4.98 Å². The van der Waals surface area contributed by atoms with E-state index in [1.165, 1.54) is 21.9 Å². The number of rotatable bonds is 4. The van der Waals surface area contributed by atoms with Crippen LogP contribution in [0.1, 0.15) is 11.3 Å². The molecule has 5 aromatic carbocycles. The van der Waals surface area contributed by atoms with Crippen LogP contribution >= 0.6 is 0 Å². The first-order chi connectivity index (χ1) is 21.3. The van der Waals surface area contributed by atoms with Gasteiger partial charge in [-0.2, -0.15) is 0 Å². The molecule has 1 aliphatic heterocycles. The van der Waals surface area contributed by atoms with Crippen LogP contribution < -0.4 is 10.2 Å². The molecule has 0 saturated heterocycles. The van der Waals surface area contributed by atoms with Gasteiger partial charge < -0.3 is 19.1 Å². The Morgan fingerprint density at radius 3 is 2.35 bits per heavy atom. The summed E-state index contributed by atoms with van der Waals surface area (Å²) in [5.41, 5.74) is 9.07. The summed E-state index contributed by atoms with van der Waals surface area (Å²) in [6, 6.07) is 38.5. The molecule has 9 rings (SSSR count). The molecule has 43 heavy (non-hydrogen) atoms. The van der Waals surface area contributed by atoms with Gasteiger partial charge in [0.1, 0.15) is 16.9 Å². The minimum Gasteiger partial charge on any atom is -0.458 e. The lowest BCUT2D eigenvalue weighted by atomic mass is 10.00. The molecular formula is C38H25N3O2. The van der Waals surface area contributed by atoms with Gasteiger partial charge >= 0.3 is 0 Å². The van der Waals surface area contributed by atoms with E-state index < -0.39 is 0 Å². The third kappa shape index (κ3) is 3.75. The molecule has 1 N–H and O–H groups in total. The Hall–Kier alpha value is -5.81. The zero-order chi connectivity index (χ0) is 28.3. The summed E-state index contributed by atoms with van der Waals surface area (Å²) in [7, 11) is 0. The van der Waals surface area contributed by atoms with E-state index in [2.05, 4.69) is 118 Å². The lowest BCUT2D eigenvalue weighted by Crippen LogP contribution is -2.12. The van der Waals surface area contributed by atoms with E-state index >= 15 is 0 Å². The van der Waals surface area contributed by atoms with Crippen LogP contribution in [-0.4, -0.2) is 4.98 Å². The van der Waals surface area contributed by atoms with Crippen LogP contribution in [0.4, 0.5) is 17.1 Å². The normalized spacial score (nSPS) is 12.7. The standard InChI is InChI=1S/C38H25N3O2/c1-2-6-24(7-3-1)26-13-12-25-14-15-28(21-27(25)20-26)41(31-8-4-10-33-37(31)29-16-18-39-22-35(29)42-33)32-9-5-11-34-38(32)30-17-19-40-23-36(30)43-34/h1-22,40H,23H2. The minimum atomic E-state index is 0.660. The van der Waals surface area contributed by atoms with E-state index in [4.69, 9.17) is 8.83 Å². The Morgan fingerprint density at radius 2 is 1.47 bits per heavy atom. The zero-order valence-corrected chi connectivity index (χ0v) is 23.1. The fourth-order valence-electron chi connectivity index (χ4n) is 6.43. The van der Waals surface area contributed by atoms with Crippen molar-refractivity contribution < 1.29 is 8.83 Å². The van der Waals surface area contributed by atoms with Crippen LogP contribution in [-0.2, 0) is 6.54 Å². The van der Waals surface area contributed by atoms with Crippen LogP contribution in [0.25, 0.3) is 60.9 Å². The van der Waals surface area contributed by atoms with Gasteiger partial charge in [0.05, 0.1) is 34.9 Å². The molecule has 0 bridgehead atoms. The van der Waals surface area contributed by atoms with Crippen LogP contribution in [0.5, 0.6) is 0 Å². The number of furan rings is 2. The number of fused-ring (bicyclic) bond motifs is 7. The summed E-state index contributed by atoms with van der Waals surface area (Å²) in [5, 5.41) is 8.81. The number of hydrogen-bond acceptors (Lipinski definition) is 5. The van der Waals surface area contributed by atoms with Gasteiger partial charge in [-0.25, -0.2) is 0 Å². The average Bonchev–Trinajstić information content (AvgIpc) is 3.64. The summed E-state index contributed by atoms with van der Waals surface area (Å²) in [5.74, 6) is 0.939. The average molecular weight is 556 g/mol. The highest BCUT2D eigenvalue weighted by atomic mass is 16.3. The molecule has 4 heterocycles. The van der Waals surface area contributed by atoms with E-state index in [0.717, 1.165) is 61.3 Å². The van der Waals surface area contributed by atoms with Gasteiger partial charge in [0.25, 0.3) is 0 Å². The summed E-state index contributed by atoms with van der Waals surface area (Å²) in [6.07, 6.45) is 7.72. The first kappa shape index (κ1) is 23.9. The maximum atomic E-state index is 6.36. The van der Waals surface area contributed by atoms with Crippen molar-refractivity contribution >= 4 is 66.8 Å². The lowest BCUT2D eigenvalue weighted by molar-refractivity contribution is 0.532. The summed E-state index contributed by atoms with van der Waals surface area (Å²) in [6.45, 7) is 0.660. The Labute approximate surface area is 247 Å². The Balaban J connectivity index is 1.35. The zero-order valence-electron chi connectivity index (χ0n) is 23.1. The van der Waals surface area contributed by atoms with Crippen molar-refractivity contribution in [3.8, 4) is 11.1 Å². The number of anilines is 3. The van der Waals surface area contributed by atoms with E-state index in [-0.39, 0.29) is 0 Å². The smallest absolute Gasteiger partial charge is 0.153 e. The van der Waals surface area contributed by atoms with Gasteiger partial charge in [-0.05, 0) is 82.7 Å². The molecule has 0 aliphatic carbocycles. The van der Waals surface area contributed by atoms with Gasteiger partial charge in [0.2, 0.25) is 0 Å². The molecule has 3 aromatic heterocycles. The summed E-state index contributed by atoms with van der Waals surface area (Å²) in [4.78, 5) is 6.66. The third-order valence-electron chi connectivity index (χ3n) is 8.39. The molecule has 5 nitrogen and oxygen atoms in total. The Bertz CT molecular complexity index is 2360. The quantitative estimate of drug-likeness (QED) is 0.234. The van der Waals surface area contributed by atoms with E-state index in [9.17, 15) is 0 Å². The second-order valence-corrected chi connectivity index (χ2v) is 10.9. The topological polar surface area (TPSA) is 54.4 Å². The second-order valence-electron chi connectivity index (χ2n) is 10.9. The Kier molecular flexibility index (Phi) is 5.19. The monoisotopic (exact) mass is 555 g/mol. The van der Waals surface area contributed by atoms with Crippen molar-refractivity contribution in [3.63, 3.8) is 0 Å². The summed E-state index contributed by atoms with van der Waals surface area (Å²) < 4.78 is 12.6. The fourth-order valence-corrected chi connectivity index (χ4v) is 6.43. The highest BCUT2D eigenvalue weighted by Gasteiger charge is 2.25. The number of pyridine rings is 1. The van der Waals surface area contributed by atoms with E-state index in [1.807, 2.05) is 24.5 Å². The van der Waals surface area contributed by atoms with Gasteiger partial charge in [0, 0.05) is 22.8 Å². The van der Waals surface area contributed by atoms with Gasteiger partial charge in [-0.15, -0.1) is 0 Å². The molecule has 0 spiro atoms. The van der Waals surface area contributed by atoms with Crippen molar-refractivity contribution in [3.05, 3.63) is 139 Å². The number of benzene rings is 5. The first-order valence-electron chi connectivity index (χ1n) is 14.4. The molecule has 0 radical (unpaired) electrons. The van der Waals surface area contributed by atoms with Gasteiger partial charge in [-0.1, -0.05) is 60.7 Å². The van der Waals surface area contributed by atoms with Crippen LogP contribution in [0.2, 0.25) is 0 Å². The lowest BCUT2D eigenvalue weighted by Gasteiger charge is -2.27. The molecule has 8 aromatic rings. The fraction of sp³-hybridized carbons (Fsp3) is 0.0263. The second kappa shape index (κ2) is 9.36. The molecule has 0 unspecified atom stereocenters. The van der Waals surface area contributed by atoms with E-state index in [0.29, 0.717) is 6.54 Å².